The van der Waals surface area contributed by atoms with E-state index in [1.165, 1.54) is 6.07 Å². The first-order valence-electron chi connectivity index (χ1n) is 11.7. The molecule has 1 saturated carbocycles. The third kappa shape index (κ3) is 6.73. The fourth-order valence-corrected chi connectivity index (χ4v) is 4.67. The summed E-state index contributed by atoms with van der Waals surface area (Å²) in [5.74, 6) is -0.267. The van der Waals surface area contributed by atoms with Gasteiger partial charge in [0.05, 0.1) is 21.9 Å². The molecule has 1 amide bonds. The maximum atomic E-state index is 13.9. The highest BCUT2D eigenvalue weighted by molar-refractivity contribution is 6.36. The lowest BCUT2D eigenvalue weighted by Gasteiger charge is -2.34. The molecule has 0 unspecified atom stereocenters. The second-order valence-electron chi connectivity index (χ2n) is 9.41. The van der Waals surface area contributed by atoms with Crippen LogP contribution in [0, 0.1) is 5.92 Å². The predicted molar refractivity (Wildman–Crippen MR) is 123 cm³/mol. The van der Waals surface area contributed by atoms with Crippen molar-refractivity contribution in [2.45, 2.75) is 76.9 Å². The molecule has 5 nitrogen and oxygen atoms in total. The summed E-state index contributed by atoms with van der Waals surface area (Å²) in [4.78, 5) is 12.8. The van der Waals surface area contributed by atoms with Gasteiger partial charge in [0.15, 0.2) is 5.69 Å². The van der Waals surface area contributed by atoms with E-state index in [9.17, 15) is 36.2 Å². The van der Waals surface area contributed by atoms with Gasteiger partial charge >= 0.3 is 12.4 Å². The predicted octanol–water partition coefficient (Wildman–Crippen LogP) is 6.41. The number of rotatable bonds is 7. The van der Waals surface area contributed by atoms with Gasteiger partial charge in [0.25, 0.3) is 5.91 Å². The monoisotopic (exact) mass is 539 g/mol. The van der Waals surface area contributed by atoms with Gasteiger partial charge in [-0.25, -0.2) is 0 Å². The van der Waals surface area contributed by atoms with Crippen LogP contribution >= 0.6 is 11.6 Å². The Hall–Kier alpha value is -2.27. The highest BCUT2D eigenvalue weighted by Gasteiger charge is 2.37. The third-order valence-electron chi connectivity index (χ3n) is 6.53. The number of hydrogen-bond donors (Lipinski definition) is 2. The van der Waals surface area contributed by atoms with Crippen LogP contribution in [0.15, 0.2) is 18.2 Å². The molecule has 2 aromatic rings. The molecule has 0 aliphatic heterocycles. The SMILES string of the molecule is CCn1nc(C(=O)NCC2(O)CCC(C)CC2)c(Cl)c1-c1ccc(CCC(F)(F)F)cc1C(F)(F)F. The van der Waals surface area contributed by atoms with Gasteiger partial charge in [-0.05, 0) is 56.6 Å². The molecule has 2 N–H and O–H groups in total. The molecule has 1 aromatic carbocycles. The number of hydrogen-bond acceptors (Lipinski definition) is 3. The van der Waals surface area contributed by atoms with Gasteiger partial charge in [-0.15, -0.1) is 0 Å². The fourth-order valence-electron chi connectivity index (χ4n) is 4.35. The molecule has 0 atom stereocenters. The fraction of sp³-hybridized carbons (Fsp3) is 0.583. The Labute approximate surface area is 209 Å². The van der Waals surface area contributed by atoms with Crippen molar-refractivity contribution >= 4 is 17.5 Å². The summed E-state index contributed by atoms with van der Waals surface area (Å²) >= 11 is 6.37. The molecule has 1 aliphatic rings. The number of carbonyl (C=O) groups excluding carboxylic acids is 1. The number of aromatic nitrogens is 2. The normalized spacial score (nSPS) is 21.0. The molecule has 1 fully saturated rings. The molecule has 3 rings (SSSR count). The molecule has 200 valence electrons. The van der Waals surface area contributed by atoms with E-state index in [1.807, 2.05) is 0 Å². The molecule has 12 heteroatoms. The van der Waals surface area contributed by atoms with Crippen molar-refractivity contribution in [3.63, 3.8) is 0 Å². The van der Waals surface area contributed by atoms with Crippen molar-refractivity contribution in [2.24, 2.45) is 5.92 Å². The second kappa shape index (κ2) is 10.6. The van der Waals surface area contributed by atoms with E-state index < -0.39 is 47.8 Å². The first kappa shape index (κ1) is 28.3. The molecule has 0 radical (unpaired) electrons. The van der Waals surface area contributed by atoms with Crippen LogP contribution in [0.5, 0.6) is 0 Å². The maximum Gasteiger partial charge on any atom is 0.417 e. The smallest absolute Gasteiger partial charge is 0.388 e. The summed E-state index contributed by atoms with van der Waals surface area (Å²) in [6.45, 7) is 3.71. The molecular weight excluding hydrogens is 512 g/mol. The zero-order valence-corrected chi connectivity index (χ0v) is 20.6. The van der Waals surface area contributed by atoms with E-state index in [-0.39, 0.29) is 35.1 Å². The molecule has 1 heterocycles. The average molecular weight is 540 g/mol. The molecule has 0 spiro atoms. The standard InChI is InChI=1S/C24H28ClF6N3O2/c1-3-34-20(16-5-4-15(8-11-23(26,27)28)12-17(16)24(29,30)31)18(25)19(33-34)21(35)32-13-22(36)9-6-14(2)7-10-22/h4-5,12,14,36H,3,6-11,13H2,1-2H3,(H,32,35). The van der Waals surface area contributed by atoms with Gasteiger partial charge in [-0.3, -0.25) is 9.48 Å². The van der Waals surface area contributed by atoms with Crippen LogP contribution < -0.4 is 5.32 Å². The Bertz CT molecular complexity index is 1090. The molecule has 0 saturated heterocycles. The van der Waals surface area contributed by atoms with Crippen molar-refractivity contribution in [2.75, 3.05) is 6.54 Å². The number of aryl methyl sites for hydroxylation is 2. The summed E-state index contributed by atoms with van der Waals surface area (Å²) < 4.78 is 80.6. The van der Waals surface area contributed by atoms with Gasteiger partial charge in [0, 0.05) is 25.1 Å². The first-order valence-corrected chi connectivity index (χ1v) is 12.1. The number of nitrogens with zero attached hydrogens (tertiary/aromatic N) is 2. The van der Waals surface area contributed by atoms with E-state index in [0.29, 0.717) is 24.8 Å². The summed E-state index contributed by atoms with van der Waals surface area (Å²) in [6.07, 6.45) is -8.64. The summed E-state index contributed by atoms with van der Waals surface area (Å²) in [7, 11) is 0. The molecular formula is C24H28ClF6N3O2. The summed E-state index contributed by atoms with van der Waals surface area (Å²) in [5, 5.41) is 17.1. The van der Waals surface area contributed by atoms with Crippen molar-refractivity contribution < 1.29 is 36.2 Å². The second-order valence-corrected chi connectivity index (χ2v) is 9.79. The number of alkyl halides is 6. The Morgan fingerprint density at radius 2 is 1.86 bits per heavy atom. The van der Waals surface area contributed by atoms with Crippen LogP contribution in [-0.2, 0) is 19.1 Å². The van der Waals surface area contributed by atoms with Crippen LogP contribution in [0.3, 0.4) is 0 Å². The summed E-state index contributed by atoms with van der Waals surface area (Å²) in [6, 6.07) is 2.90. The number of nitrogens with one attached hydrogen (secondary N) is 1. The van der Waals surface area contributed by atoms with E-state index in [4.69, 9.17) is 11.6 Å². The van der Waals surface area contributed by atoms with Gasteiger partial charge < -0.3 is 10.4 Å². The zero-order chi connectivity index (χ0) is 26.9. The van der Waals surface area contributed by atoms with E-state index in [0.717, 1.165) is 23.6 Å². The quantitative estimate of drug-likeness (QED) is 0.400. The number of benzene rings is 1. The average Bonchev–Trinajstić information content (AvgIpc) is 3.13. The van der Waals surface area contributed by atoms with E-state index in [2.05, 4.69) is 17.3 Å². The maximum absolute atomic E-state index is 13.9. The van der Waals surface area contributed by atoms with Gasteiger partial charge in [-0.1, -0.05) is 30.7 Å². The Morgan fingerprint density at radius 1 is 1.22 bits per heavy atom. The van der Waals surface area contributed by atoms with Crippen LogP contribution in [0.2, 0.25) is 5.02 Å². The molecule has 1 aliphatic carbocycles. The largest absolute Gasteiger partial charge is 0.417 e. The minimum atomic E-state index is -4.89. The Morgan fingerprint density at radius 3 is 2.42 bits per heavy atom. The first-order chi connectivity index (χ1) is 16.6. The Balaban J connectivity index is 1.92. The van der Waals surface area contributed by atoms with Gasteiger partial charge in [0.2, 0.25) is 0 Å². The highest BCUT2D eigenvalue weighted by atomic mass is 35.5. The third-order valence-corrected chi connectivity index (χ3v) is 6.89. The highest BCUT2D eigenvalue weighted by Crippen LogP contribution is 2.41. The zero-order valence-electron chi connectivity index (χ0n) is 19.9. The number of carbonyl (C=O) groups is 1. The molecule has 0 bridgehead atoms. The lowest BCUT2D eigenvalue weighted by atomic mass is 9.79. The number of halogens is 7. The van der Waals surface area contributed by atoms with Crippen molar-refractivity contribution in [3.8, 4) is 11.3 Å². The van der Waals surface area contributed by atoms with Crippen molar-refractivity contribution in [1.82, 2.24) is 15.1 Å². The minimum absolute atomic E-state index is 0.0507. The van der Waals surface area contributed by atoms with Crippen LogP contribution in [-0.4, -0.2) is 39.1 Å². The molecule has 36 heavy (non-hydrogen) atoms. The summed E-state index contributed by atoms with van der Waals surface area (Å²) in [5.41, 5.74) is -3.23. The van der Waals surface area contributed by atoms with E-state index in [1.54, 1.807) is 6.92 Å². The minimum Gasteiger partial charge on any atom is -0.388 e. The van der Waals surface area contributed by atoms with Crippen LogP contribution in [0.1, 0.15) is 67.6 Å². The number of amides is 1. The number of aliphatic hydroxyl groups is 1. The van der Waals surface area contributed by atoms with Crippen molar-refractivity contribution in [3.05, 3.63) is 40.0 Å². The van der Waals surface area contributed by atoms with Crippen LogP contribution in [0.25, 0.3) is 11.3 Å². The van der Waals surface area contributed by atoms with Gasteiger partial charge in [0.1, 0.15) is 0 Å². The van der Waals surface area contributed by atoms with E-state index >= 15 is 0 Å². The van der Waals surface area contributed by atoms with Crippen molar-refractivity contribution in [1.29, 1.82) is 0 Å². The lowest BCUT2D eigenvalue weighted by Crippen LogP contribution is -2.45. The topological polar surface area (TPSA) is 67.2 Å². The lowest BCUT2D eigenvalue weighted by molar-refractivity contribution is -0.137. The molecule has 1 aromatic heterocycles. The van der Waals surface area contributed by atoms with Gasteiger partial charge in [-0.2, -0.15) is 31.4 Å². The van der Waals surface area contributed by atoms with Crippen LogP contribution in [0.4, 0.5) is 26.3 Å². The Kier molecular flexibility index (Phi) is 8.34.